The Morgan fingerprint density at radius 2 is 2.12 bits per heavy atom. The molecule has 0 saturated carbocycles. The van der Waals surface area contributed by atoms with E-state index in [9.17, 15) is 4.79 Å². The van der Waals surface area contributed by atoms with Crippen LogP contribution in [0.15, 0.2) is 0 Å². The Morgan fingerprint density at radius 1 is 1.47 bits per heavy atom. The summed E-state index contributed by atoms with van der Waals surface area (Å²) in [7, 11) is 0. The fourth-order valence-corrected chi connectivity index (χ4v) is 3.04. The molecule has 1 amide bonds. The van der Waals surface area contributed by atoms with Gasteiger partial charge in [-0.15, -0.1) is 0 Å². The van der Waals surface area contributed by atoms with E-state index in [-0.39, 0.29) is 11.9 Å². The Labute approximate surface area is 106 Å². The first kappa shape index (κ1) is 14.5. The molecule has 2 N–H and O–H groups in total. The first-order valence-electron chi connectivity index (χ1n) is 6.93. The van der Waals surface area contributed by atoms with Crippen molar-refractivity contribution >= 4 is 5.91 Å². The molecule has 1 rings (SSSR count). The molecule has 0 aliphatic carbocycles. The number of rotatable bonds is 6. The number of unbranched alkanes of at least 4 members (excludes halogenated alkanes) is 1. The van der Waals surface area contributed by atoms with E-state index in [2.05, 4.69) is 32.6 Å². The topological polar surface area (TPSA) is 46.3 Å². The van der Waals surface area contributed by atoms with Crippen molar-refractivity contribution in [3.63, 3.8) is 0 Å². The minimum Gasteiger partial charge on any atom is -0.368 e. The maximum atomic E-state index is 11.5. The molecule has 3 heteroatoms. The van der Waals surface area contributed by atoms with Crippen molar-refractivity contribution in [1.29, 1.82) is 0 Å². The van der Waals surface area contributed by atoms with Gasteiger partial charge in [-0.2, -0.15) is 0 Å². The fraction of sp³-hybridized carbons (Fsp3) is 0.929. The molecule has 0 aromatic carbocycles. The molecule has 1 saturated heterocycles. The van der Waals surface area contributed by atoms with E-state index >= 15 is 0 Å². The van der Waals surface area contributed by atoms with Gasteiger partial charge in [-0.25, -0.2) is 0 Å². The number of nitrogens with zero attached hydrogens (tertiary/aromatic N) is 1. The van der Waals surface area contributed by atoms with Gasteiger partial charge in [-0.05, 0) is 30.7 Å². The highest BCUT2D eigenvalue weighted by atomic mass is 16.1. The maximum absolute atomic E-state index is 11.5. The zero-order valence-corrected chi connectivity index (χ0v) is 11.8. The smallest absolute Gasteiger partial charge is 0.235 e. The summed E-state index contributed by atoms with van der Waals surface area (Å²) in [4.78, 5) is 13.8. The molecule has 1 aliphatic rings. The molecule has 0 aromatic heterocycles. The lowest BCUT2D eigenvalue weighted by Crippen LogP contribution is -2.47. The van der Waals surface area contributed by atoms with Crippen LogP contribution in [0, 0.1) is 11.3 Å². The Balaban J connectivity index is 2.61. The van der Waals surface area contributed by atoms with E-state index in [1.807, 2.05) is 0 Å². The summed E-state index contributed by atoms with van der Waals surface area (Å²) in [6, 6.07) is -0.0848. The van der Waals surface area contributed by atoms with Gasteiger partial charge in [0.25, 0.3) is 0 Å². The molecule has 1 fully saturated rings. The van der Waals surface area contributed by atoms with Crippen molar-refractivity contribution in [2.45, 2.75) is 59.4 Å². The molecular weight excluding hydrogens is 212 g/mol. The van der Waals surface area contributed by atoms with E-state index in [0.717, 1.165) is 13.1 Å². The zero-order valence-electron chi connectivity index (χ0n) is 11.8. The summed E-state index contributed by atoms with van der Waals surface area (Å²) < 4.78 is 0. The monoisotopic (exact) mass is 240 g/mol. The molecule has 2 unspecified atom stereocenters. The van der Waals surface area contributed by atoms with Crippen LogP contribution in [0.2, 0.25) is 0 Å². The molecule has 100 valence electrons. The fourth-order valence-electron chi connectivity index (χ4n) is 3.04. The highest BCUT2D eigenvalue weighted by Crippen LogP contribution is 2.36. The van der Waals surface area contributed by atoms with Gasteiger partial charge in [0.2, 0.25) is 5.91 Å². The van der Waals surface area contributed by atoms with Gasteiger partial charge in [0.05, 0.1) is 6.04 Å². The Kier molecular flexibility index (Phi) is 4.99. The summed E-state index contributed by atoms with van der Waals surface area (Å²) in [6.07, 6.45) is 5.00. The molecule has 0 radical (unpaired) electrons. The largest absolute Gasteiger partial charge is 0.368 e. The molecule has 0 aromatic rings. The van der Waals surface area contributed by atoms with Gasteiger partial charge >= 0.3 is 0 Å². The highest BCUT2D eigenvalue weighted by molar-refractivity contribution is 5.80. The first-order chi connectivity index (χ1) is 7.89. The number of nitrogens with two attached hydrogens (primary N) is 1. The Morgan fingerprint density at radius 3 is 2.59 bits per heavy atom. The Bertz CT molecular complexity index is 265. The van der Waals surface area contributed by atoms with Crippen molar-refractivity contribution in [3.05, 3.63) is 0 Å². The second-order valence-electron chi connectivity index (χ2n) is 6.23. The summed E-state index contributed by atoms with van der Waals surface area (Å²) in [5.41, 5.74) is 5.91. The van der Waals surface area contributed by atoms with E-state index < -0.39 is 0 Å². The number of carbonyl (C=O) groups is 1. The van der Waals surface area contributed by atoms with Gasteiger partial charge in [0.1, 0.15) is 0 Å². The van der Waals surface area contributed by atoms with Gasteiger partial charge in [0.15, 0.2) is 0 Å². The average molecular weight is 240 g/mol. The van der Waals surface area contributed by atoms with Crippen LogP contribution in [0.25, 0.3) is 0 Å². The molecule has 0 bridgehead atoms. The van der Waals surface area contributed by atoms with Crippen LogP contribution in [-0.4, -0.2) is 29.9 Å². The average Bonchev–Trinajstić information content (AvgIpc) is 2.57. The zero-order chi connectivity index (χ0) is 13.1. The third-order valence-corrected chi connectivity index (χ3v) is 4.04. The quantitative estimate of drug-likeness (QED) is 0.775. The lowest BCUT2D eigenvalue weighted by Gasteiger charge is -2.30. The van der Waals surface area contributed by atoms with Crippen LogP contribution in [0.5, 0.6) is 0 Å². The standard InChI is InChI=1S/C14H28N2O/c1-5-6-7-14(4)8-9-16(10-14)12(11(2)3)13(15)17/h11-12H,5-10H2,1-4H3,(H2,15,17). The van der Waals surface area contributed by atoms with E-state index in [4.69, 9.17) is 5.73 Å². The van der Waals surface area contributed by atoms with Gasteiger partial charge < -0.3 is 5.73 Å². The maximum Gasteiger partial charge on any atom is 0.235 e. The minimum atomic E-state index is -0.167. The molecule has 1 aliphatic heterocycles. The van der Waals surface area contributed by atoms with E-state index in [1.54, 1.807) is 0 Å². The normalized spacial score (nSPS) is 27.6. The lowest BCUT2D eigenvalue weighted by molar-refractivity contribution is -0.124. The third-order valence-electron chi connectivity index (χ3n) is 4.04. The van der Waals surface area contributed by atoms with Crippen molar-refractivity contribution < 1.29 is 4.79 Å². The number of hydrogen-bond donors (Lipinski definition) is 1. The van der Waals surface area contributed by atoms with Gasteiger partial charge in [-0.3, -0.25) is 9.69 Å². The molecule has 0 spiro atoms. The van der Waals surface area contributed by atoms with Crippen LogP contribution in [-0.2, 0) is 4.79 Å². The Hall–Kier alpha value is -0.570. The number of likely N-dealkylation sites (tertiary alicyclic amines) is 1. The number of amides is 1. The van der Waals surface area contributed by atoms with Crippen molar-refractivity contribution in [1.82, 2.24) is 4.90 Å². The van der Waals surface area contributed by atoms with Crippen molar-refractivity contribution in [3.8, 4) is 0 Å². The van der Waals surface area contributed by atoms with Crippen LogP contribution in [0.4, 0.5) is 0 Å². The highest BCUT2D eigenvalue weighted by Gasteiger charge is 2.38. The summed E-state index contributed by atoms with van der Waals surface area (Å²) in [6.45, 7) is 10.8. The van der Waals surface area contributed by atoms with Crippen LogP contribution in [0.1, 0.15) is 53.4 Å². The lowest BCUT2D eigenvalue weighted by atomic mass is 9.84. The summed E-state index contributed by atoms with van der Waals surface area (Å²) in [5, 5.41) is 0. The first-order valence-corrected chi connectivity index (χ1v) is 6.93. The van der Waals surface area contributed by atoms with E-state index in [0.29, 0.717) is 11.3 Å². The SMILES string of the molecule is CCCCC1(C)CCN(C(C(N)=O)C(C)C)C1. The number of hydrogen-bond acceptors (Lipinski definition) is 2. The van der Waals surface area contributed by atoms with Gasteiger partial charge in [-0.1, -0.05) is 40.5 Å². The second kappa shape index (κ2) is 5.85. The number of carbonyl (C=O) groups excluding carboxylic acids is 1. The molecule has 1 heterocycles. The summed E-state index contributed by atoms with van der Waals surface area (Å²) in [5.74, 6) is 0.140. The molecule has 2 atom stereocenters. The predicted molar refractivity (Wildman–Crippen MR) is 71.6 cm³/mol. The third kappa shape index (κ3) is 3.70. The minimum absolute atomic E-state index is 0.0848. The van der Waals surface area contributed by atoms with Crippen molar-refractivity contribution in [2.75, 3.05) is 13.1 Å². The predicted octanol–water partition coefficient (Wildman–Crippen LogP) is 2.40. The van der Waals surface area contributed by atoms with Crippen LogP contribution < -0.4 is 5.73 Å². The summed E-state index contributed by atoms with van der Waals surface area (Å²) >= 11 is 0. The molecule has 3 nitrogen and oxygen atoms in total. The molecule has 17 heavy (non-hydrogen) atoms. The van der Waals surface area contributed by atoms with E-state index in [1.165, 1.54) is 25.7 Å². The van der Waals surface area contributed by atoms with Gasteiger partial charge in [0, 0.05) is 6.54 Å². The second-order valence-corrected chi connectivity index (χ2v) is 6.23. The van der Waals surface area contributed by atoms with Crippen LogP contribution in [0.3, 0.4) is 0 Å². The van der Waals surface area contributed by atoms with Crippen LogP contribution >= 0.6 is 0 Å². The number of primary amides is 1. The molecular formula is C14H28N2O. The van der Waals surface area contributed by atoms with Crippen molar-refractivity contribution in [2.24, 2.45) is 17.1 Å².